The second-order valence-electron chi connectivity index (χ2n) is 5.13. The molecule has 0 radical (unpaired) electrons. The predicted molar refractivity (Wildman–Crippen MR) is 87.9 cm³/mol. The smallest absolute Gasteiger partial charge is 0.279 e. The maximum Gasteiger partial charge on any atom is 0.279 e. The molecule has 0 aromatic heterocycles. The highest BCUT2D eigenvalue weighted by Crippen LogP contribution is 2.19. The molecule has 2 amide bonds. The third-order valence-electron chi connectivity index (χ3n) is 3.22. The van der Waals surface area contributed by atoms with Gasteiger partial charge < -0.3 is 4.74 Å². The zero-order chi connectivity index (χ0) is 18.4. The Hall–Kier alpha value is -2.67. The number of amides is 2. The summed E-state index contributed by atoms with van der Waals surface area (Å²) in [6.07, 6.45) is -1.28. The van der Waals surface area contributed by atoms with Gasteiger partial charge in [-0.25, -0.2) is 8.78 Å². The Kier molecular flexibility index (Phi) is 6.30. The van der Waals surface area contributed by atoms with Crippen LogP contribution in [0.4, 0.5) is 8.78 Å². The van der Waals surface area contributed by atoms with Crippen LogP contribution < -0.4 is 15.6 Å². The van der Waals surface area contributed by atoms with Crippen molar-refractivity contribution >= 4 is 23.4 Å². The maximum absolute atomic E-state index is 13.6. The molecule has 0 aliphatic rings. The van der Waals surface area contributed by atoms with Gasteiger partial charge in [0.2, 0.25) is 5.91 Å². The van der Waals surface area contributed by atoms with Crippen LogP contribution in [-0.4, -0.2) is 17.9 Å². The third kappa shape index (κ3) is 5.42. The average molecular weight is 369 g/mol. The van der Waals surface area contributed by atoms with Crippen LogP contribution in [0.1, 0.15) is 12.5 Å². The molecule has 2 N–H and O–H groups in total. The van der Waals surface area contributed by atoms with E-state index < -0.39 is 29.6 Å². The molecule has 5 nitrogen and oxygen atoms in total. The van der Waals surface area contributed by atoms with Crippen LogP contribution in [0.2, 0.25) is 5.02 Å². The van der Waals surface area contributed by atoms with Crippen molar-refractivity contribution in [1.82, 2.24) is 10.9 Å². The number of carbonyl (C=O) groups excluding carboxylic acids is 2. The fourth-order valence-electron chi connectivity index (χ4n) is 1.91. The highest BCUT2D eigenvalue weighted by atomic mass is 35.5. The van der Waals surface area contributed by atoms with Crippen LogP contribution in [0.15, 0.2) is 42.5 Å². The first-order valence-corrected chi connectivity index (χ1v) is 7.68. The molecule has 25 heavy (non-hydrogen) atoms. The number of hydrazine groups is 1. The largest absolute Gasteiger partial charge is 0.481 e. The summed E-state index contributed by atoms with van der Waals surface area (Å²) in [4.78, 5) is 23.7. The molecule has 0 aliphatic heterocycles. The predicted octanol–water partition coefficient (Wildman–Crippen LogP) is 2.78. The van der Waals surface area contributed by atoms with Crippen molar-refractivity contribution in [2.75, 3.05) is 0 Å². The lowest BCUT2D eigenvalue weighted by atomic mass is 10.1. The standard InChI is InChI=1S/C17H15ClF2N2O3/c1-10(25-12-7-5-11(19)6-8-12)17(24)22-21-16(23)9-13-14(18)3-2-4-15(13)20/h2-8,10H,9H2,1H3,(H,21,23)(H,22,24). The number of ether oxygens (including phenoxy) is 1. The molecule has 0 bridgehead atoms. The summed E-state index contributed by atoms with van der Waals surface area (Å²) in [5.74, 6) is -2.01. The van der Waals surface area contributed by atoms with E-state index in [0.29, 0.717) is 5.75 Å². The molecule has 0 heterocycles. The summed E-state index contributed by atoms with van der Waals surface area (Å²) in [5.41, 5.74) is 4.36. The van der Waals surface area contributed by atoms with Gasteiger partial charge in [0, 0.05) is 10.6 Å². The summed E-state index contributed by atoms with van der Waals surface area (Å²) in [7, 11) is 0. The highest BCUT2D eigenvalue weighted by molar-refractivity contribution is 6.31. The molecule has 2 aromatic rings. The van der Waals surface area contributed by atoms with E-state index >= 15 is 0 Å². The van der Waals surface area contributed by atoms with E-state index in [1.807, 2.05) is 0 Å². The minimum Gasteiger partial charge on any atom is -0.481 e. The number of carbonyl (C=O) groups is 2. The topological polar surface area (TPSA) is 67.4 Å². The summed E-state index contributed by atoms with van der Waals surface area (Å²) in [6, 6.07) is 9.21. The number of hydrogen-bond acceptors (Lipinski definition) is 3. The van der Waals surface area contributed by atoms with E-state index in [0.717, 1.165) is 0 Å². The molecule has 0 aliphatic carbocycles. The lowest BCUT2D eigenvalue weighted by Crippen LogP contribution is -2.47. The van der Waals surface area contributed by atoms with E-state index in [9.17, 15) is 18.4 Å². The molecular formula is C17H15ClF2N2O3. The monoisotopic (exact) mass is 368 g/mol. The maximum atomic E-state index is 13.6. The van der Waals surface area contributed by atoms with Gasteiger partial charge in [0.25, 0.3) is 5.91 Å². The Labute approximate surface area is 147 Å². The first-order chi connectivity index (χ1) is 11.9. The van der Waals surface area contributed by atoms with Crippen molar-refractivity contribution in [3.05, 3.63) is 64.7 Å². The van der Waals surface area contributed by atoms with Crippen molar-refractivity contribution in [2.45, 2.75) is 19.4 Å². The highest BCUT2D eigenvalue weighted by Gasteiger charge is 2.17. The molecule has 1 atom stereocenters. The quantitative estimate of drug-likeness (QED) is 0.797. The van der Waals surface area contributed by atoms with Gasteiger partial charge in [-0.1, -0.05) is 17.7 Å². The number of hydrogen-bond donors (Lipinski definition) is 2. The van der Waals surface area contributed by atoms with Gasteiger partial charge in [0.1, 0.15) is 17.4 Å². The Balaban J connectivity index is 1.84. The lowest BCUT2D eigenvalue weighted by Gasteiger charge is -2.15. The summed E-state index contributed by atoms with van der Waals surface area (Å²) in [5, 5.41) is 0.120. The van der Waals surface area contributed by atoms with Crippen LogP contribution in [0.5, 0.6) is 5.75 Å². The first kappa shape index (κ1) is 18.7. The normalized spacial score (nSPS) is 11.5. The minimum absolute atomic E-state index is 0.0338. The first-order valence-electron chi connectivity index (χ1n) is 7.30. The van der Waals surface area contributed by atoms with Crippen LogP contribution >= 0.6 is 11.6 Å². The average Bonchev–Trinajstić information content (AvgIpc) is 2.58. The Morgan fingerprint density at radius 3 is 2.44 bits per heavy atom. The summed E-state index contributed by atoms with van der Waals surface area (Å²) < 4.78 is 31.7. The molecule has 0 spiro atoms. The van der Waals surface area contributed by atoms with Crippen molar-refractivity contribution in [2.24, 2.45) is 0 Å². The van der Waals surface area contributed by atoms with Crippen LogP contribution in [-0.2, 0) is 16.0 Å². The minimum atomic E-state index is -0.942. The van der Waals surface area contributed by atoms with Crippen LogP contribution in [0, 0.1) is 11.6 Å². The zero-order valence-electron chi connectivity index (χ0n) is 13.2. The number of halogens is 3. The molecule has 132 valence electrons. The van der Waals surface area contributed by atoms with E-state index in [4.69, 9.17) is 16.3 Å². The third-order valence-corrected chi connectivity index (χ3v) is 3.57. The van der Waals surface area contributed by atoms with Gasteiger partial charge in [-0.2, -0.15) is 0 Å². The zero-order valence-corrected chi connectivity index (χ0v) is 13.9. The Morgan fingerprint density at radius 2 is 1.80 bits per heavy atom. The van der Waals surface area contributed by atoms with Crippen molar-refractivity contribution < 1.29 is 23.1 Å². The second kappa shape index (κ2) is 8.43. The van der Waals surface area contributed by atoms with E-state index in [-0.39, 0.29) is 17.0 Å². The molecule has 2 aromatic carbocycles. The van der Waals surface area contributed by atoms with Crippen molar-refractivity contribution in [3.8, 4) is 5.75 Å². The fourth-order valence-corrected chi connectivity index (χ4v) is 2.14. The van der Waals surface area contributed by atoms with Crippen molar-refractivity contribution in [1.29, 1.82) is 0 Å². The van der Waals surface area contributed by atoms with Gasteiger partial charge in [0.05, 0.1) is 6.42 Å². The van der Waals surface area contributed by atoms with Gasteiger partial charge in [-0.3, -0.25) is 20.4 Å². The SMILES string of the molecule is CC(Oc1ccc(F)cc1)C(=O)NNC(=O)Cc1c(F)cccc1Cl. The second-order valence-corrected chi connectivity index (χ2v) is 5.54. The summed E-state index contributed by atoms with van der Waals surface area (Å²) >= 11 is 5.83. The fraction of sp³-hybridized carbons (Fsp3) is 0.176. The molecule has 0 fully saturated rings. The molecule has 2 rings (SSSR count). The van der Waals surface area contributed by atoms with Crippen LogP contribution in [0.3, 0.4) is 0 Å². The van der Waals surface area contributed by atoms with E-state index in [1.54, 1.807) is 0 Å². The van der Waals surface area contributed by atoms with Gasteiger partial charge >= 0.3 is 0 Å². The Bertz CT molecular complexity index is 749. The van der Waals surface area contributed by atoms with Crippen molar-refractivity contribution in [3.63, 3.8) is 0 Å². The van der Waals surface area contributed by atoms with Gasteiger partial charge in [-0.15, -0.1) is 0 Å². The molecule has 1 unspecified atom stereocenters. The number of benzene rings is 2. The molecule has 8 heteroatoms. The molecule has 0 saturated heterocycles. The van der Waals surface area contributed by atoms with E-state index in [2.05, 4.69) is 10.9 Å². The van der Waals surface area contributed by atoms with Crippen LogP contribution in [0.25, 0.3) is 0 Å². The lowest BCUT2D eigenvalue weighted by molar-refractivity contribution is -0.132. The molecule has 0 saturated carbocycles. The van der Waals surface area contributed by atoms with E-state index in [1.165, 1.54) is 49.4 Å². The number of nitrogens with one attached hydrogen (secondary N) is 2. The van der Waals surface area contributed by atoms with Gasteiger partial charge in [-0.05, 0) is 43.3 Å². The summed E-state index contributed by atoms with van der Waals surface area (Å²) in [6.45, 7) is 1.46. The van der Waals surface area contributed by atoms with Gasteiger partial charge in [0.15, 0.2) is 6.10 Å². The number of rotatable bonds is 5. The Morgan fingerprint density at radius 1 is 1.12 bits per heavy atom. The molecular weight excluding hydrogens is 354 g/mol.